The molecule has 18 heavy (non-hydrogen) atoms. The number of carbonyl (C=O) groups excluding carboxylic acids is 1. The van der Waals surface area contributed by atoms with E-state index in [4.69, 9.17) is 0 Å². The van der Waals surface area contributed by atoms with E-state index in [1.807, 2.05) is 0 Å². The van der Waals surface area contributed by atoms with E-state index < -0.39 is 6.61 Å². The molecule has 0 heterocycles. The van der Waals surface area contributed by atoms with Crippen molar-refractivity contribution in [3.63, 3.8) is 0 Å². The molecule has 0 atom stereocenters. The van der Waals surface area contributed by atoms with Gasteiger partial charge in [-0.05, 0) is 18.2 Å². The summed E-state index contributed by atoms with van der Waals surface area (Å²) < 4.78 is 34.1. The van der Waals surface area contributed by atoms with Crippen molar-refractivity contribution in [2.45, 2.75) is 13.2 Å². The summed E-state index contributed by atoms with van der Waals surface area (Å²) >= 11 is 3.22. The van der Waals surface area contributed by atoms with Gasteiger partial charge in [0, 0.05) is 23.7 Å². The van der Waals surface area contributed by atoms with Crippen molar-refractivity contribution >= 4 is 21.8 Å². The quantitative estimate of drug-likeness (QED) is 0.874. The van der Waals surface area contributed by atoms with Crippen molar-refractivity contribution in [2.24, 2.45) is 0 Å². The molecule has 0 saturated carbocycles. The van der Waals surface area contributed by atoms with Crippen LogP contribution in [0.1, 0.15) is 5.56 Å². The van der Waals surface area contributed by atoms with E-state index in [1.54, 1.807) is 12.1 Å². The highest BCUT2D eigenvalue weighted by Gasteiger charge is 2.11. The molecule has 1 aromatic rings. The van der Waals surface area contributed by atoms with Crippen molar-refractivity contribution < 1.29 is 23.0 Å². The molecule has 0 spiro atoms. The minimum atomic E-state index is -2.90. The van der Waals surface area contributed by atoms with Gasteiger partial charge in [0.25, 0.3) is 0 Å². The first-order chi connectivity index (χ1) is 8.52. The second-order valence-electron chi connectivity index (χ2n) is 3.34. The van der Waals surface area contributed by atoms with E-state index in [2.05, 4.69) is 30.7 Å². The molecule has 0 aliphatic heterocycles. The van der Waals surface area contributed by atoms with Crippen LogP contribution in [0.4, 0.5) is 8.78 Å². The van der Waals surface area contributed by atoms with Crippen molar-refractivity contribution in [3.8, 4) is 5.75 Å². The first-order valence-corrected chi connectivity index (χ1v) is 5.81. The summed E-state index contributed by atoms with van der Waals surface area (Å²) in [5, 5.41) is 2.53. The Morgan fingerprint density at radius 2 is 2.22 bits per heavy atom. The molecule has 0 fully saturated rings. The molecule has 0 bridgehead atoms. The molecule has 1 N–H and O–H groups in total. The molecule has 4 nitrogen and oxygen atoms in total. The molecular formula is C11H12BrF2NO3. The highest BCUT2D eigenvalue weighted by molar-refractivity contribution is 9.10. The maximum Gasteiger partial charge on any atom is 0.387 e. The van der Waals surface area contributed by atoms with E-state index in [-0.39, 0.29) is 24.8 Å². The molecule has 0 aliphatic carbocycles. The lowest BCUT2D eigenvalue weighted by molar-refractivity contribution is -0.124. The number of hydrogen-bond donors (Lipinski definition) is 1. The molecular weight excluding hydrogens is 312 g/mol. The lowest BCUT2D eigenvalue weighted by atomic mass is 10.2. The van der Waals surface area contributed by atoms with Crippen LogP contribution >= 0.6 is 15.9 Å². The summed E-state index contributed by atoms with van der Waals surface area (Å²) in [5.74, 6) is -0.300. The Bertz CT molecular complexity index is 415. The number of amides is 1. The van der Waals surface area contributed by atoms with Gasteiger partial charge in [-0.1, -0.05) is 15.9 Å². The maximum absolute atomic E-state index is 12.2. The molecule has 100 valence electrons. The number of nitrogens with one attached hydrogen (secondary N) is 1. The Morgan fingerprint density at radius 1 is 1.50 bits per heavy atom. The lowest BCUT2D eigenvalue weighted by Gasteiger charge is -2.12. The van der Waals surface area contributed by atoms with Crippen molar-refractivity contribution in [1.29, 1.82) is 0 Å². The zero-order chi connectivity index (χ0) is 13.5. The Morgan fingerprint density at radius 3 is 2.83 bits per heavy atom. The van der Waals surface area contributed by atoms with Gasteiger partial charge in [0.15, 0.2) is 0 Å². The minimum Gasteiger partial charge on any atom is -0.434 e. The fourth-order valence-corrected chi connectivity index (χ4v) is 1.68. The Labute approximate surface area is 111 Å². The van der Waals surface area contributed by atoms with Crippen LogP contribution < -0.4 is 10.1 Å². The average molecular weight is 324 g/mol. The molecule has 1 rings (SSSR count). The zero-order valence-electron chi connectivity index (χ0n) is 9.58. The second kappa shape index (κ2) is 7.27. The molecule has 0 aliphatic rings. The number of benzene rings is 1. The number of halogens is 3. The second-order valence-corrected chi connectivity index (χ2v) is 4.26. The Kier molecular flexibility index (Phi) is 6.00. The molecule has 0 unspecified atom stereocenters. The zero-order valence-corrected chi connectivity index (χ0v) is 11.2. The minimum absolute atomic E-state index is 0.0333. The third-order valence-electron chi connectivity index (χ3n) is 1.99. The first-order valence-electron chi connectivity index (χ1n) is 5.01. The van der Waals surface area contributed by atoms with Crippen molar-refractivity contribution in [2.75, 3.05) is 13.7 Å². The van der Waals surface area contributed by atoms with Crippen LogP contribution in [0.15, 0.2) is 22.7 Å². The van der Waals surface area contributed by atoms with Crippen LogP contribution in [0.25, 0.3) is 0 Å². The van der Waals surface area contributed by atoms with Gasteiger partial charge in [-0.15, -0.1) is 0 Å². The van der Waals surface area contributed by atoms with E-state index in [1.165, 1.54) is 13.2 Å². The number of carbonyl (C=O) groups is 1. The van der Waals surface area contributed by atoms with Crippen LogP contribution in [-0.2, 0) is 16.1 Å². The topological polar surface area (TPSA) is 47.6 Å². The highest BCUT2D eigenvalue weighted by atomic mass is 79.9. The van der Waals surface area contributed by atoms with E-state index in [9.17, 15) is 13.6 Å². The molecule has 0 saturated heterocycles. The number of methoxy groups -OCH3 is 1. The fraction of sp³-hybridized carbons (Fsp3) is 0.364. The van der Waals surface area contributed by atoms with Gasteiger partial charge in [0.1, 0.15) is 12.4 Å². The number of rotatable bonds is 6. The van der Waals surface area contributed by atoms with Gasteiger partial charge in [-0.2, -0.15) is 8.78 Å². The van der Waals surface area contributed by atoms with Gasteiger partial charge in [0.05, 0.1) is 0 Å². The van der Waals surface area contributed by atoms with Crippen molar-refractivity contribution in [3.05, 3.63) is 28.2 Å². The monoisotopic (exact) mass is 323 g/mol. The van der Waals surface area contributed by atoms with E-state index in [0.29, 0.717) is 10.0 Å². The summed E-state index contributed by atoms with van der Waals surface area (Å²) in [4.78, 5) is 11.2. The predicted octanol–water partition coefficient (Wildman–Crippen LogP) is 2.31. The fourth-order valence-electron chi connectivity index (χ4n) is 1.27. The van der Waals surface area contributed by atoms with Gasteiger partial charge < -0.3 is 14.8 Å². The standard InChI is InChI=1S/C11H12BrF2NO3/c1-17-6-10(16)15-5-7-4-8(12)2-3-9(7)18-11(13)14/h2-4,11H,5-6H2,1H3,(H,15,16). The largest absolute Gasteiger partial charge is 0.434 e. The Hall–Kier alpha value is -1.21. The number of alkyl halides is 2. The summed E-state index contributed by atoms with van der Waals surface area (Å²) in [6.45, 7) is -2.90. The summed E-state index contributed by atoms with van der Waals surface area (Å²) in [5.41, 5.74) is 0.453. The normalized spacial score (nSPS) is 10.5. The summed E-state index contributed by atoms with van der Waals surface area (Å²) in [6.07, 6.45) is 0. The molecule has 0 radical (unpaired) electrons. The van der Waals surface area contributed by atoms with E-state index >= 15 is 0 Å². The highest BCUT2D eigenvalue weighted by Crippen LogP contribution is 2.24. The predicted molar refractivity (Wildman–Crippen MR) is 64.5 cm³/mol. The van der Waals surface area contributed by atoms with Gasteiger partial charge in [-0.3, -0.25) is 4.79 Å². The van der Waals surface area contributed by atoms with Crippen LogP contribution in [-0.4, -0.2) is 26.2 Å². The van der Waals surface area contributed by atoms with Crippen LogP contribution in [0.5, 0.6) is 5.75 Å². The van der Waals surface area contributed by atoms with E-state index in [0.717, 1.165) is 0 Å². The number of ether oxygens (including phenoxy) is 2. The summed E-state index contributed by atoms with van der Waals surface area (Å²) in [7, 11) is 1.39. The third-order valence-corrected chi connectivity index (χ3v) is 2.48. The van der Waals surface area contributed by atoms with Crippen LogP contribution in [0.2, 0.25) is 0 Å². The first kappa shape index (κ1) is 14.8. The molecule has 0 aromatic heterocycles. The lowest BCUT2D eigenvalue weighted by Crippen LogP contribution is -2.26. The molecule has 7 heteroatoms. The summed E-state index contributed by atoms with van der Waals surface area (Å²) in [6, 6.07) is 4.59. The number of hydrogen-bond acceptors (Lipinski definition) is 3. The van der Waals surface area contributed by atoms with Gasteiger partial charge in [-0.25, -0.2) is 0 Å². The van der Waals surface area contributed by atoms with Crippen LogP contribution in [0.3, 0.4) is 0 Å². The van der Waals surface area contributed by atoms with Crippen LogP contribution in [0, 0.1) is 0 Å². The maximum atomic E-state index is 12.2. The van der Waals surface area contributed by atoms with Gasteiger partial charge >= 0.3 is 6.61 Å². The molecule has 1 amide bonds. The SMILES string of the molecule is COCC(=O)NCc1cc(Br)ccc1OC(F)F. The smallest absolute Gasteiger partial charge is 0.387 e. The Balaban J connectivity index is 2.72. The third kappa shape index (κ3) is 4.97. The average Bonchev–Trinajstić information content (AvgIpc) is 2.29. The van der Waals surface area contributed by atoms with Crippen molar-refractivity contribution in [1.82, 2.24) is 5.32 Å². The van der Waals surface area contributed by atoms with Gasteiger partial charge in [0.2, 0.25) is 5.91 Å². The molecule has 1 aromatic carbocycles.